The minimum absolute atomic E-state index is 0.0597. The summed E-state index contributed by atoms with van der Waals surface area (Å²) in [6.45, 7) is 0. The number of aliphatic carboxylic acids is 1. The lowest BCUT2D eigenvalue weighted by Gasteiger charge is -2.19. The van der Waals surface area contributed by atoms with Crippen LogP contribution in [0.4, 0.5) is 0 Å². The molecular weight excluding hydrogens is 308 g/mol. The van der Waals surface area contributed by atoms with Crippen LogP contribution >= 0.6 is 0 Å². The molecule has 1 unspecified atom stereocenters. The molecule has 0 aliphatic heterocycles. The van der Waals surface area contributed by atoms with Gasteiger partial charge in [0.2, 0.25) is 0 Å². The molecule has 5 nitrogen and oxygen atoms in total. The van der Waals surface area contributed by atoms with E-state index in [2.05, 4.69) is 10.8 Å². The van der Waals surface area contributed by atoms with E-state index in [9.17, 15) is 14.7 Å². The summed E-state index contributed by atoms with van der Waals surface area (Å²) < 4.78 is 10.4. The zero-order valence-corrected chi connectivity index (χ0v) is 14.0. The van der Waals surface area contributed by atoms with Crippen LogP contribution in [0.3, 0.4) is 0 Å². The average molecular weight is 332 g/mol. The van der Waals surface area contributed by atoms with Gasteiger partial charge in [-0.1, -0.05) is 29.8 Å². The normalized spacial score (nSPS) is 15.3. The van der Waals surface area contributed by atoms with Gasteiger partial charge >= 0.3 is 11.9 Å². The first-order valence-corrected chi connectivity index (χ1v) is 8.32. The summed E-state index contributed by atoms with van der Waals surface area (Å²) in [5.41, 5.74) is 1.95. The first-order valence-electron chi connectivity index (χ1n) is 8.32. The number of esters is 1. The number of benzene rings is 1. The molecule has 0 amide bonds. The fourth-order valence-corrected chi connectivity index (χ4v) is 2.83. The number of hydrogen-bond acceptors (Lipinski definition) is 4. The Labute approximate surface area is 142 Å². The summed E-state index contributed by atoms with van der Waals surface area (Å²) in [6.07, 6.45) is 7.02. The first kappa shape index (κ1) is 18.0. The number of carbonyl (C=O) groups excluding carboxylic acids is 1. The number of ether oxygens (including phenoxy) is 2. The molecule has 0 fully saturated rings. The van der Waals surface area contributed by atoms with Crippen molar-refractivity contribution in [2.75, 3.05) is 7.11 Å². The molecule has 24 heavy (non-hydrogen) atoms. The Morgan fingerprint density at radius 3 is 2.71 bits per heavy atom. The van der Waals surface area contributed by atoms with E-state index in [1.54, 1.807) is 24.3 Å². The van der Waals surface area contributed by atoms with Gasteiger partial charge in [0.25, 0.3) is 0 Å². The van der Waals surface area contributed by atoms with E-state index in [1.807, 2.05) is 0 Å². The fourth-order valence-electron chi connectivity index (χ4n) is 2.83. The SMILES string of the molecule is COC(=O)Cc1ccccc1OC(CCC1=CCCCC1)C(=O)O. The van der Waals surface area contributed by atoms with E-state index in [0.29, 0.717) is 17.7 Å². The third-order valence-corrected chi connectivity index (χ3v) is 4.19. The van der Waals surface area contributed by atoms with Crippen molar-refractivity contribution in [3.8, 4) is 5.75 Å². The monoisotopic (exact) mass is 332 g/mol. The molecule has 1 aliphatic carbocycles. The van der Waals surface area contributed by atoms with Gasteiger partial charge in [0.1, 0.15) is 5.75 Å². The van der Waals surface area contributed by atoms with E-state index in [4.69, 9.17) is 4.74 Å². The Kier molecular flexibility index (Phi) is 6.85. The van der Waals surface area contributed by atoms with Gasteiger partial charge < -0.3 is 14.6 Å². The van der Waals surface area contributed by atoms with Crippen LogP contribution < -0.4 is 4.74 Å². The minimum Gasteiger partial charge on any atom is -0.479 e. The standard InChI is InChI=1S/C19H24O5/c1-23-18(20)13-15-9-5-6-10-16(15)24-17(19(21)22)12-11-14-7-3-2-4-8-14/h5-7,9-10,17H,2-4,8,11-13H2,1H3,(H,21,22). The molecule has 1 N–H and O–H groups in total. The van der Waals surface area contributed by atoms with Crippen molar-refractivity contribution < 1.29 is 24.2 Å². The molecule has 0 radical (unpaired) electrons. The van der Waals surface area contributed by atoms with E-state index in [1.165, 1.54) is 25.5 Å². The van der Waals surface area contributed by atoms with Gasteiger partial charge in [0, 0.05) is 5.56 Å². The summed E-state index contributed by atoms with van der Waals surface area (Å²) in [6, 6.07) is 6.98. The van der Waals surface area contributed by atoms with Gasteiger partial charge in [-0.15, -0.1) is 0 Å². The van der Waals surface area contributed by atoms with Crippen LogP contribution in [0, 0.1) is 0 Å². The smallest absolute Gasteiger partial charge is 0.344 e. The molecule has 0 saturated carbocycles. The summed E-state index contributed by atoms with van der Waals surface area (Å²) in [5.74, 6) is -0.947. The quantitative estimate of drug-likeness (QED) is 0.582. The van der Waals surface area contributed by atoms with Gasteiger partial charge in [-0.05, 0) is 44.6 Å². The lowest BCUT2D eigenvalue weighted by atomic mass is 9.95. The summed E-state index contributed by atoms with van der Waals surface area (Å²) in [4.78, 5) is 23.0. The van der Waals surface area contributed by atoms with E-state index in [0.717, 1.165) is 19.3 Å². The maximum atomic E-state index is 11.5. The van der Waals surface area contributed by atoms with Crippen LogP contribution in [-0.4, -0.2) is 30.3 Å². The molecule has 130 valence electrons. The molecule has 0 spiro atoms. The van der Waals surface area contributed by atoms with Crippen LogP contribution in [0.2, 0.25) is 0 Å². The van der Waals surface area contributed by atoms with E-state index >= 15 is 0 Å². The van der Waals surface area contributed by atoms with E-state index < -0.39 is 12.1 Å². The number of methoxy groups -OCH3 is 1. The van der Waals surface area contributed by atoms with Gasteiger partial charge in [-0.3, -0.25) is 4.79 Å². The number of carboxylic acids is 1. The van der Waals surface area contributed by atoms with Crippen molar-refractivity contribution >= 4 is 11.9 Å². The Morgan fingerprint density at radius 1 is 1.25 bits per heavy atom. The summed E-state index contributed by atoms with van der Waals surface area (Å²) >= 11 is 0. The highest BCUT2D eigenvalue weighted by atomic mass is 16.5. The number of carboxylic acid groups (broad SMARTS) is 1. The topological polar surface area (TPSA) is 72.8 Å². The summed E-state index contributed by atoms with van der Waals surface area (Å²) in [7, 11) is 1.32. The largest absolute Gasteiger partial charge is 0.479 e. The lowest BCUT2D eigenvalue weighted by molar-refractivity contribution is -0.145. The fraction of sp³-hybridized carbons (Fsp3) is 0.474. The van der Waals surface area contributed by atoms with Gasteiger partial charge in [-0.2, -0.15) is 0 Å². The van der Waals surface area contributed by atoms with E-state index in [-0.39, 0.29) is 12.4 Å². The Morgan fingerprint density at radius 2 is 2.04 bits per heavy atom. The van der Waals surface area contributed by atoms with Gasteiger partial charge in [-0.25, -0.2) is 4.79 Å². The predicted molar refractivity (Wildman–Crippen MR) is 90.0 cm³/mol. The van der Waals surface area contributed by atoms with Crippen molar-refractivity contribution in [2.45, 2.75) is 51.0 Å². The Bertz CT molecular complexity index is 606. The molecule has 0 aromatic heterocycles. The molecule has 0 saturated heterocycles. The number of para-hydroxylation sites is 1. The van der Waals surface area contributed by atoms with Crippen molar-refractivity contribution in [3.05, 3.63) is 41.5 Å². The van der Waals surface area contributed by atoms with Crippen molar-refractivity contribution in [3.63, 3.8) is 0 Å². The van der Waals surface area contributed by atoms with Crippen molar-refractivity contribution in [2.24, 2.45) is 0 Å². The van der Waals surface area contributed by atoms with Crippen LogP contribution in [0.1, 0.15) is 44.1 Å². The van der Waals surface area contributed by atoms with Crippen LogP contribution in [0.25, 0.3) is 0 Å². The molecular formula is C19H24O5. The highest BCUT2D eigenvalue weighted by Gasteiger charge is 2.22. The zero-order valence-electron chi connectivity index (χ0n) is 14.0. The lowest BCUT2D eigenvalue weighted by Crippen LogP contribution is -2.27. The number of allylic oxidation sites excluding steroid dienone is 2. The zero-order chi connectivity index (χ0) is 17.4. The maximum Gasteiger partial charge on any atom is 0.344 e. The molecule has 1 aliphatic rings. The molecule has 1 aromatic rings. The average Bonchev–Trinajstić information content (AvgIpc) is 2.60. The second kappa shape index (κ2) is 9.11. The molecule has 0 heterocycles. The van der Waals surface area contributed by atoms with Gasteiger partial charge in [0.05, 0.1) is 13.5 Å². The summed E-state index contributed by atoms with van der Waals surface area (Å²) in [5, 5.41) is 9.45. The van der Waals surface area contributed by atoms with Crippen LogP contribution in [-0.2, 0) is 20.7 Å². The molecule has 0 bridgehead atoms. The maximum absolute atomic E-state index is 11.5. The third kappa shape index (κ3) is 5.41. The third-order valence-electron chi connectivity index (χ3n) is 4.19. The highest BCUT2D eigenvalue weighted by Crippen LogP contribution is 2.25. The highest BCUT2D eigenvalue weighted by molar-refractivity contribution is 5.74. The first-order chi connectivity index (χ1) is 11.6. The molecule has 1 atom stereocenters. The number of rotatable bonds is 8. The van der Waals surface area contributed by atoms with Gasteiger partial charge in [0.15, 0.2) is 6.10 Å². The second-order valence-corrected chi connectivity index (χ2v) is 5.95. The number of hydrogen-bond donors (Lipinski definition) is 1. The second-order valence-electron chi connectivity index (χ2n) is 5.95. The molecule has 2 rings (SSSR count). The van der Waals surface area contributed by atoms with Crippen LogP contribution in [0.5, 0.6) is 5.75 Å². The van der Waals surface area contributed by atoms with Crippen LogP contribution in [0.15, 0.2) is 35.9 Å². The minimum atomic E-state index is -0.987. The molecule has 1 aromatic carbocycles. The molecule has 5 heteroatoms. The van der Waals surface area contributed by atoms with Crippen molar-refractivity contribution in [1.82, 2.24) is 0 Å². The predicted octanol–water partition coefficient (Wildman–Crippen LogP) is 3.51. The Balaban J connectivity index is 2.03. The van der Waals surface area contributed by atoms with Crippen molar-refractivity contribution in [1.29, 1.82) is 0 Å². The number of carbonyl (C=O) groups is 2. The Hall–Kier alpha value is -2.30.